The molecule has 0 radical (unpaired) electrons. The predicted octanol–water partition coefficient (Wildman–Crippen LogP) is 4.25. The van der Waals surface area contributed by atoms with Crippen molar-refractivity contribution >= 4 is 29.5 Å². The Morgan fingerprint density at radius 2 is 2.12 bits per heavy atom. The molecular formula is C18H20N4OS2. The minimum atomic E-state index is -0.00106. The second-order valence-electron chi connectivity index (χ2n) is 5.92. The Labute approximate surface area is 155 Å². The molecule has 3 aromatic rings. The number of benzene rings is 1. The number of carbonyl (C=O) groups excluding carboxylic acids is 1. The second-order valence-corrected chi connectivity index (χ2v) is 7.29. The summed E-state index contributed by atoms with van der Waals surface area (Å²) < 4.78 is 2.39. The first-order valence-corrected chi connectivity index (χ1v) is 9.38. The summed E-state index contributed by atoms with van der Waals surface area (Å²) in [5.41, 5.74) is 2.16. The highest BCUT2D eigenvalue weighted by Gasteiger charge is 2.13. The van der Waals surface area contributed by atoms with Crippen molar-refractivity contribution < 1.29 is 4.79 Å². The standard InChI is InChI=1S/C18H20N4OS2/c1-12-5-7-14(8-6-12)17-20-21-18(24)22(17)10-9-16(23)19-13(2)15-4-3-11-25-15/h3-8,11,13H,9-10H2,1-2H3,(H,19,23)(H,21,24). The summed E-state index contributed by atoms with van der Waals surface area (Å²) in [7, 11) is 0. The Morgan fingerprint density at radius 3 is 2.80 bits per heavy atom. The van der Waals surface area contributed by atoms with Gasteiger partial charge in [0.05, 0.1) is 6.04 Å². The van der Waals surface area contributed by atoms with E-state index in [1.165, 1.54) is 5.56 Å². The van der Waals surface area contributed by atoms with Crippen LogP contribution < -0.4 is 5.32 Å². The van der Waals surface area contributed by atoms with Crippen LogP contribution in [0.4, 0.5) is 0 Å². The van der Waals surface area contributed by atoms with Crippen molar-refractivity contribution in [1.82, 2.24) is 20.1 Å². The van der Waals surface area contributed by atoms with Gasteiger partial charge in [-0.1, -0.05) is 35.9 Å². The van der Waals surface area contributed by atoms with Gasteiger partial charge >= 0.3 is 0 Å². The van der Waals surface area contributed by atoms with E-state index in [0.717, 1.165) is 16.3 Å². The number of nitrogens with one attached hydrogen (secondary N) is 2. The minimum absolute atomic E-state index is 0.00106. The van der Waals surface area contributed by atoms with E-state index in [1.807, 2.05) is 60.2 Å². The van der Waals surface area contributed by atoms with Crippen LogP contribution in [0.3, 0.4) is 0 Å². The fraction of sp³-hybridized carbons (Fsp3) is 0.278. The molecule has 25 heavy (non-hydrogen) atoms. The highest BCUT2D eigenvalue weighted by atomic mass is 32.1. The van der Waals surface area contributed by atoms with Gasteiger partial charge in [0.2, 0.25) is 5.91 Å². The predicted molar refractivity (Wildman–Crippen MR) is 103 cm³/mol. The quantitative estimate of drug-likeness (QED) is 0.636. The lowest BCUT2D eigenvalue weighted by Gasteiger charge is -2.13. The monoisotopic (exact) mass is 372 g/mol. The normalized spacial score (nSPS) is 12.1. The van der Waals surface area contributed by atoms with Crippen molar-refractivity contribution in [3.8, 4) is 11.4 Å². The smallest absolute Gasteiger partial charge is 0.222 e. The summed E-state index contributed by atoms with van der Waals surface area (Å²) >= 11 is 6.96. The summed E-state index contributed by atoms with van der Waals surface area (Å²) in [6.45, 7) is 4.52. The summed E-state index contributed by atoms with van der Waals surface area (Å²) in [6, 6.07) is 12.1. The molecule has 2 heterocycles. The molecule has 0 fully saturated rings. The van der Waals surface area contributed by atoms with Crippen LogP contribution in [0.15, 0.2) is 41.8 Å². The molecule has 0 aliphatic rings. The number of carbonyl (C=O) groups is 1. The van der Waals surface area contributed by atoms with Crippen LogP contribution in [0, 0.1) is 11.7 Å². The van der Waals surface area contributed by atoms with Crippen LogP contribution >= 0.6 is 23.6 Å². The lowest BCUT2D eigenvalue weighted by molar-refractivity contribution is -0.121. The van der Waals surface area contributed by atoms with E-state index in [4.69, 9.17) is 12.2 Å². The Bertz CT molecular complexity index is 894. The van der Waals surface area contributed by atoms with Crippen molar-refractivity contribution in [1.29, 1.82) is 0 Å². The van der Waals surface area contributed by atoms with E-state index in [9.17, 15) is 4.79 Å². The second kappa shape index (κ2) is 7.76. The molecule has 7 heteroatoms. The molecule has 2 N–H and O–H groups in total. The number of hydrogen-bond acceptors (Lipinski definition) is 4. The van der Waals surface area contributed by atoms with E-state index in [2.05, 4.69) is 15.5 Å². The van der Waals surface area contributed by atoms with Gasteiger partial charge in [-0.25, -0.2) is 0 Å². The number of aromatic amines is 1. The fourth-order valence-electron chi connectivity index (χ4n) is 2.58. The van der Waals surface area contributed by atoms with E-state index < -0.39 is 0 Å². The highest BCUT2D eigenvalue weighted by molar-refractivity contribution is 7.71. The van der Waals surface area contributed by atoms with Crippen LogP contribution in [-0.4, -0.2) is 20.7 Å². The average molecular weight is 373 g/mol. The van der Waals surface area contributed by atoms with E-state index in [1.54, 1.807) is 11.3 Å². The molecule has 2 aromatic heterocycles. The third-order valence-electron chi connectivity index (χ3n) is 3.98. The Kier molecular flexibility index (Phi) is 5.45. The van der Waals surface area contributed by atoms with Crippen molar-refractivity contribution in [3.05, 3.63) is 57.0 Å². The number of H-pyrrole nitrogens is 1. The number of nitrogens with zero attached hydrogens (tertiary/aromatic N) is 2. The molecule has 1 atom stereocenters. The highest BCUT2D eigenvalue weighted by Crippen LogP contribution is 2.20. The molecular weight excluding hydrogens is 352 g/mol. The van der Waals surface area contributed by atoms with Crippen molar-refractivity contribution in [2.24, 2.45) is 0 Å². The summed E-state index contributed by atoms with van der Waals surface area (Å²) in [5, 5.41) is 12.2. The van der Waals surface area contributed by atoms with Crippen LogP contribution in [0.25, 0.3) is 11.4 Å². The van der Waals surface area contributed by atoms with E-state index >= 15 is 0 Å². The maximum absolute atomic E-state index is 12.3. The van der Waals surface area contributed by atoms with Crippen LogP contribution in [0.1, 0.15) is 29.8 Å². The maximum atomic E-state index is 12.3. The lowest BCUT2D eigenvalue weighted by Crippen LogP contribution is -2.27. The van der Waals surface area contributed by atoms with E-state index in [0.29, 0.717) is 17.7 Å². The number of amides is 1. The molecule has 0 aliphatic carbocycles. The Balaban J connectivity index is 1.67. The number of hydrogen-bond donors (Lipinski definition) is 2. The number of thiophene rings is 1. The molecule has 0 bridgehead atoms. The number of aromatic nitrogens is 3. The van der Waals surface area contributed by atoms with Crippen molar-refractivity contribution in [2.75, 3.05) is 0 Å². The molecule has 0 saturated carbocycles. The Morgan fingerprint density at radius 1 is 1.36 bits per heavy atom. The average Bonchev–Trinajstić information content (AvgIpc) is 3.24. The molecule has 130 valence electrons. The third-order valence-corrected chi connectivity index (χ3v) is 5.34. The van der Waals surface area contributed by atoms with Gasteiger partial charge in [-0.2, -0.15) is 5.10 Å². The largest absolute Gasteiger partial charge is 0.349 e. The first-order chi connectivity index (χ1) is 12.0. The van der Waals surface area contributed by atoms with Crippen LogP contribution in [0.5, 0.6) is 0 Å². The van der Waals surface area contributed by atoms with Gasteiger partial charge in [0.1, 0.15) is 0 Å². The van der Waals surface area contributed by atoms with Gasteiger partial charge < -0.3 is 5.32 Å². The Hall–Kier alpha value is -2.25. The molecule has 0 aliphatic heterocycles. The summed E-state index contributed by atoms with van der Waals surface area (Å²) in [4.78, 5) is 13.4. The van der Waals surface area contributed by atoms with E-state index in [-0.39, 0.29) is 11.9 Å². The van der Waals surface area contributed by atoms with Crippen molar-refractivity contribution in [2.45, 2.75) is 32.9 Å². The molecule has 1 unspecified atom stereocenters. The molecule has 3 rings (SSSR count). The zero-order valence-electron chi connectivity index (χ0n) is 14.2. The maximum Gasteiger partial charge on any atom is 0.222 e. The zero-order chi connectivity index (χ0) is 17.8. The van der Waals surface area contributed by atoms with Gasteiger partial charge in [-0.05, 0) is 37.5 Å². The van der Waals surface area contributed by atoms with Gasteiger partial charge in [0.25, 0.3) is 0 Å². The van der Waals surface area contributed by atoms with Gasteiger partial charge in [-0.15, -0.1) is 11.3 Å². The SMILES string of the molecule is Cc1ccc(-c2n[nH]c(=S)n2CCC(=O)NC(C)c2cccs2)cc1. The van der Waals surface area contributed by atoms with Gasteiger partial charge in [0, 0.05) is 23.4 Å². The summed E-state index contributed by atoms with van der Waals surface area (Å²) in [5.74, 6) is 0.753. The van der Waals surface area contributed by atoms with Gasteiger partial charge in [0.15, 0.2) is 10.6 Å². The topological polar surface area (TPSA) is 62.7 Å². The van der Waals surface area contributed by atoms with Crippen molar-refractivity contribution in [3.63, 3.8) is 0 Å². The lowest BCUT2D eigenvalue weighted by atomic mass is 10.1. The number of rotatable bonds is 6. The molecule has 0 saturated heterocycles. The minimum Gasteiger partial charge on any atom is -0.349 e. The van der Waals surface area contributed by atoms with Crippen LogP contribution in [0.2, 0.25) is 0 Å². The molecule has 0 spiro atoms. The number of aryl methyl sites for hydroxylation is 1. The van der Waals surface area contributed by atoms with Gasteiger partial charge in [-0.3, -0.25) is 14.5 Å². The third kappa shape index (κ3) is 4.24. The van der Waals surface area contributed by atoms with Crippen LogP contribution in [-0.2, 0) is 11.3 Å². The molecule has 1 aromatic carbocycles. The first-order valence-electron chi connectivity index (χ1n) is 8.09. The summed E-state index contributed by atoms with van der Waals surface area (Å²) in [6.07, 6.45) is 0.350. The zero-order valence-corrected chi connectivity index (χ0v) is 15.8. The first kappa shape index (κ1) is 17.6. The fourth-order valence-corrected chi connectivity index (χ4v) is 3.54. The molecule has 1 amide bonds. The molecule has 5 nitrogen and oxygen atoms in total.